The van der Waals surface area contributed by atoms with Crippen LogP contribution in [-0.4, -0.2) is 27.9 Å². The second-order valence-electron chi connectivity index (χ2n) is 3.72. The zero-order valence-corrected chi connectivity index (χ0v) is 7.98. The minimum atomic E-state index is 0.598. The van der Waals surface area contributed by atoms with Crippen molar-refractivity contribution in [2.24, 2.45) is 0 Å². The maximum absolute atomic E-state index is 3.84. The summed E-state index contributed by atoms with van der Waals surface area (Å²) in [6.45, 7) is 0. The molecule has 2 rings (SSSR count). The van der Waals surface area contributed by atoms with E-state index in [-0.39, 0.29) is 0 Å². The highest BCUT2D eigenvalue weighted by Crippen LogP contribution is 2.27. The largest absolute Gasteiger partial charge is 0.317 e. The Kier molecular flexibility index (Phi) is 2.59. The molecule has 4 nitrogen and oxygen atoms in total. The van der Waals surface area contributed by atoms with Gasteiger partial charge in [-0.25, -0.2) is 0 Å². The van der Waals surface area contributed by atoms with Crippen LogP contribution < -0.4 is 5.32 Å². The van der Waals surface area contributed by atoms with E-state index in [1.807, 2.05) is 19.7 Å². The Balaban J connectivity index is 2.00. The van der Waals surface area contributed by atoms with E-state index in [1.54, 1.807) is 0 Å². The summed E-state index contributed by atoms with van der Waals surface area (Å²) in [4.78, 5) is 0. The molecule has 0 aliphatic heterocycles. The van der Waals surface area contributed by atoms with Crippen molar-refractivity contribution in [2.75, 3.05) is 7.05 Å². The molecule has 2 unspecified atom stereocenters. The molecule has 0 radical (unpaired) electrons. The molecule has 0 saturated heterocycles. The van der Waals surface area contributed by atoms with Crippen molar-refractivity contribution >= 4 is 0 Å². The Morgan fingerprint density at radius 1 is 1.31 bits per heavy atom. The van der Waals surface area contributed by atoms with Gasteiger partial charge in [0.25, 0.3) is 0 Å². The summed E-state index contributed by atoms with van der Waals surface area (Å²) < 4.78 is 2.13. The van der Waals surface area contributed by atoms with Crippen LogP contribution in [0.25, 0.3) is 0 Å². The lowest BCUT2D eigenvalue weighted by molar-refractivity contribution is 0.294. The number of aromatic nitrogens is 3. The molecule has 1 aliphatic carbocycles. The number of nitrogens with zero attached hydrogens (tertiary/aromatic N) is 3. The highest BCUT2D eigenvalue weighted by atomic mass is 15.2. The van der Waals surface area contributed by atoms with E-state index in [1.165, 1.54) is 25.7 Å². The highest BCUT2D eigenvalue weighted by molar-refractivity contribution is 4.82. The van der Waals surface area contributed by atoms with Gasteiger partial charge in [0.15, 0.2) is 0 Å². The van der Waals surface area contributed by atoms with Gasteiger partial charge < -0.3 is 9.88 Å². The first kappa shape index (κ1) is 8.69. The third-order valence-electron chi connectivity index (χ3n) is 2.91. The minimum absolute atomic E-state index is 0.598. The standard InChI is InChI=1S/C9H16N4/c1-10-8-3-2-4-9(5-8)13-6-11-12-7-13/h6-10H,2-5H2,1H3. The number of hydrogen-bond donors (Lipinski definition) is 1. The van der Waals surface area contributed by atoms with E-state index in [0.29, 0.717) is 12.1 Å². The average molecular weight is 180 g/mol. The summed E-state index contributed by atoms with van der Waals surface area (Å²) in [6, 6.07) is 1.27. The van der Waals surface area contributed by atoms with E-state index in [4.69, 9.17) is 0 Å². The molecule has 1 aromatic heterocycles. The molecule has 1 heterocycles. The number of hydrogen-bond acceptors (Lipinski definition) is 3. The molecule has 0 amide bonds. The van der Waals surface area contributed by atoms with E-state index < -0.39 is 0 Å². The summed E-state index contributed by atoms with van der Waals surface area (Å²) in [7, 11) is 2.04. The molecule has 13 heavy (non-hydrogen) atoms. The Morgan fingerprint density at radius 2 is 2.08 bits per heavy atom. The first-order valence-electron chi connectivity index (χ1n) is 4.91. The summed E-state index contributed by atoms with van der Waals surface area (Å²) in [5, 5.41) is 11.0. The van der Waals surface area contributed by atoms with Crippen molar-refractivity contribution in [3.8, 4) is 0 Å². The van der Waals surface area contributed by atoms with E-state index in [9.17, 15) is 0 Å². The molecule has 2 atom stereocenters. The van der Waals surface area contributed by atoms with Crippen LogP contribution in [-0.2, 0) is 0 Å². The maximum atomic E-state index is 3.84. The lowest BCUT2D eigenvalue weighted by atomic mass is 9.91. The van der Waals surface area contributed by atoms with Crippen LogP contribution in [0.3, 0.4) is 0 Å². The van der Waals surface area contributed by atoms with Gasteiger partial charge in [0.2, 0.25) is 0 Å². The molecular weight excluding hydrogens is 164 g/mol. The summed E-state index contributed by atoms with van der Waals surface area (Å²) in [6.07, 6.45) is 8.71. The van der Waals surface area contributed by atoms with Crippen molar-refractivity contribution in [3.63, 3.8) is 0 Å². The van der Waals surface area contributed by atoms with Crippen molar-refractivity contribution in [1.82, 2.24) is 20.1 Å². The first-order valence-corrected chi connectivity index (χ1v) is 4.91. The van der Waals surface area contributed by atoms with Gasteiger partial charge in [0.05, 0.1) is 0 Å². The van der Waals surface area contributed by atoms with Gasteiger partial charge >= 0.3 is 0 Å². The Labute approximate surface area is 78.4 Å². The van der Waals surface area contributed by atoms with Gasteiger partial charge in [-0.1, -0.05) is 0 Å². The molecule has 1 aromatic rings. The van der Waals surface area contributed by atoms with Gasteiger partial charge in [-0.3, -0.25) is 0 Å². The number of rotatable bonds is 2. The summed E-state index contributed by atoms with van der Waals surface area (Å²) >= 11 is 0. The van der Waals surface area contributed by atoms with Crippen molar-refractivity contribution in [1.29, 1.82) is 0 Å². The highest BCUT2D eigenvalue weighted by Gasteiger charge is 2.21. The van der Waals surface area contributed by atoms with Crippen LogP contribution in [0.5, 0.6) is 0 Å². The van der Waals surface area contributed by atoms with Gasteiger partial charge in [-0.2, -0.15) is 0 Å². The average Bonchev–Trinajstić information content (AvgIpc) is 2.71. The fourth-order valence-corrected chi connectivity index (χ4v) is 2.09. The Morgan fingerprint density at radius 3 is 2.77 bits per heavy atom. The van der Waals surface area contributed by atoms with Crippen molar-refractivity contribution < 1.29 is 0 Å². The zero-order chi connectivity index (χ0) is 9.10. The fourth-order valence-electron chi connectivity index (χ4n) is 2.09. The predicted octanol–water partition coefficient (Wildman–Crippen LogP) is 0.981. The maximum Gasteiger partial charge on any atom is 0.119 e. The van der Waals surface area contributed by atoms with Crippen LogP contribution in [0.1, 0.15) is 31.7 Å². The van der Waals surface area contributed by atoms with Crippen LogP contribution in [0, 0.1) is 0 Å². The van der Waals surface area contributed by atoms with Crippen LogP contribution in [0.4, 0.5) is 0 Å². The molecule has 0 bridgehead atoms. The smallest absolute Gasteiger partial charge is 0.119 e. The minimum Gasteiger partial charge on any atom is -0.317 e. The molecule has 4 heteroatoms. The van der Waals surface area contributed by atoms with Gasteiger partial charge in [0.1, 0.15) is 12.7 Å². The topological polar surface area (TPSA) is 42.7 Å². The molecule has 0 aromatic carbocycles. The Bertz CT molecular complexity index is 244. The Hall–Kier alpha value is -0.900. The van der Waals surface area contributed by atoms with Gasteiger partial charge in [-0.15, -0.1) is 10.2 Å². The van der Waals surface area contributed by atoms with E-state index in [2.05, 4.69) is 20.1 Å². The van der Waals surface area contributed by atoms with E-state index >= 15 is 0 Å². The predicted molar refractivity (Wildman–Crippen MR) is 50.4 cm³/mol. The van der Waals surface area contributed by atoms with Gasteiger partial charge in [0, 0.05) is 12.1 Å². The summed E-state index contributed by atoms with van der Waals surface area (Å²) in [5.41, 5.74) is 0. The number of nitrogens with one attached hydrogen (secondary N) is 1. The second kappa shape index (κ2) is 3.87. The van der Waals surface area contributed by atoms with Gasteiger partial charge in [-0.05, 0) is 32.7 Å². The fraction of sp³-hybridized carbons (Fsp3) is 0.778. The molecule has 1 N–H and O–H groups in total. The third kappa shape index (κ3) is 1.88. The first-order chi connectivity index (χ1) is 6.40. The van der Waals surface area contributed by atoms with Crippen LogP contribution >= 0.6 is 0 Å². The third-order valence-corrected chi connectivity index (χ3v) is 2.91. The van der Waals surface area contributed by atoms with Crippen LogP contribution in [0.15, 0.2) is 12.7 Å². The summed E-state index contributed by atoms with van der Waals surface area (Å²) in [5.74, 6) is 0. The molecule has 1 fully saturated rings. The van der Waals surface area contributed by atoms with Crippen molar-refractivity contribution in [3.05, 3.63) is 12.7 Å². The SMILES string of the molecule is CNC1CCCC(n2cnnc2)C1. The quantitative estimate of drug-likeness (QED) is 0.737. The molecule has 0 spiro atoms. The lowest BCUT2D eigenvalue weighted by Crippen LogP contribution is -2.32. The van der Waals surface area contributed by atoms with Crippen LogP contribution in [0.2, 0.25) is 0 Å². The second-order valence-corrected chi connectivity index (χ2v) is 3.72. The zero-order valence-electron chi connectivity index (χ0n) is 7.98. The van der Waals surface area contributed by atoms with Crippen molar-refractivity contribution in [2.45, 2.75) is 37.8 Å². The normalized spacial score (nSPS) is 29.0. The molecular formula is C9H16N4. The monoisotopic (exact) mass is 180 g/mol. The lowest BCUT2D eigenvalue weighted by Gasteiger charge is -2.29. The molecule has 1 aliphatic rings. The van der Waals surface area contributed by atoms with E-state index in [0.717, 1.165) is 0 Å². The molecule has 72 valence electrons. The molecule has 1 saturated carbocycles.